The van der Waals surface area contributed by atoms with Crippen LogP contribution in [0, 0.1) is 38.4 Å². The van der Waals surface area contributed by atoms with Gasteiger partial charge in [-0.3, -0.25) is 29.4 Å². The number of hydrogen-bond acceptors (Lipinski definition) is 15. The Morgan fingerprint density at radius 1 is 0.517 bits per heavy atom. The van der Waals surface area contributed by atoms with E-state index in [1.807, 2.05) is 91.0 Å². The zero-order valence-corrected chi connectivity index (χ0v) is 57.9. The number of benzene rings is 7. The van der Waals surface area contributed by atoms with Gasteiger partial charge < -0.3 is 29.6 Å². The Morgan fingerprint density at radius 2 is 0.820 bits per heavy atom. The van der Waals surface area contributed by atoms with E-state index in [9.17, 15) is 39.1 Å². The standard InChI is InChI=1S/C18H22NO5P.C18H20NO4P.C14H11NO2.C7H8.C6H15N.C4H10O3P.Na.H/c1-3-23-25(22,24-4-2)18(15-19(20)21,16-11-7-5-8-12-16)17-13-9-6-10-14-17;1-3-22-24(21,23-4-2)18(15-19-20,16-11-7-5-8-12-16)17-13-9-6-10-14-17;16-15(17)11-14(12-7-3-1-4-8-12)13-9-5-2-6-10-13;1-7-5-3-2-4-6-7;1-4-7(5-2)6-3;1-3-6-8(5)7-4-2;;/h5-14H,3-4,15H2,1-2H3;5-14H,3-4H2,1-2H3;1-11H;2-6H,1H3;4-6H2,1-3H3;3-4H2,1-2H3;;/q;;;;;2*+1;-1. The summed E-state index contributed by atoms with van der Waals surface area (Å²) in [7, 11) is -9.56. The summed E-state index contributed by atoms with van der Waals surface area (Å²) in [5, 5.41) is 33.3. The van der Waals surface area contributed by atoms with Crippen LogP contribution < -0.4 is 29.6 Å². The second-order valence-electron chi connectivity index (χ2n) is 18.3. The van der Waals surface area contributed by atoms with E-state index in [0.29, 0.717) is 41.0 Å². The molecule has 89 heavy (non-hydrogen) atoms. The molecule has 7 aromatic rings. The van der Waals surface area contributed by atoms with Crippen LogP contribution in [0.3, 0.4) is 0 Å². The maximum absolute atomic E-state index is 13.8. The summed E-state index contributed by atoms with van der Waals surface area (Å²) in [6.45, 7) is 23.4. The maximum Gasteiger partial charge on any atom is 1.00 e. The van der Waals surface area contributed by atoms with Gasteiger partial charge >= 0.3 is 59.1 Å². The number of hydrogen-bond donors (Lipinski definition) is 0. The molecule has 0 aliphatic heterocycles. The van der Waals surface area contributed by atoms with Crippen LogP contribution in [0.15, 0.2) is 219 Å². The van der Waals surface area contributed by atoms with Crippen molar-refractivity contribution in [1.29, 1.82) is 0 Å². The van der Waals surface area contributed by atoms with E-state index in [1.165, 1.54) is 25.2 Å². The Labute approximate surface area is 551 Å². The molecule has 0 N–H and O–H groups in total. The molecule has 0 unspecified atom stereocenters. The van der Waals surface area contributed by atoms with Crippen LogP contribution in [-0.4, -0.2) is 80.6 Å². The number of nitro groups is 2. The zero-order chi connectivity index (χ0) is 65.1. The van der Waals surface area contributed by atoms with Gasteiger partial charge in [0, 0.05) is 14.5 Å². The maximum atomic E-state index is 13.8. The van der Waals surface area contributed by atoms with Crippen LogP contribution in [0.2, 0.25) is 0 Å². The van der Waals surface area contributed by atoms with E-state index in [2.05, 4.69) is 64.9 Å². The smallest absolute Gasteiger partial charge is 1.00 e. The van der Waals surface area contributed by atoms with Gasteiger partial charge in [-0.05, 0) is 101 Å². The van der Waals surface area contributed by atoms with Crippen molar-refractivity contribution in [2.24, 2.45) is 0 Å². The summed E-state index contributed by atoms with van der Waals surface area (Å²) >= 11 is 0. The van der Waals surface area contributed by atoms with Gasteiger partial charge in [0.05, 0.1) is 36.9 Å². The number of rotatable bonds is 26. The van der Waals surface area contributed by atoms with Crippen LogP contribution in [0.4, 0.5) is 0 Å². The van der Waals surface area contributed by atoms with Crippen LogP contribution in [0.5, 0.6) is 0 Å². The molecular formula is C67H87N4NaO14P3+. The molecule has 0 aliphatic carbocycles. The fourth-order valence-electron chi connectivity index (χ4n) is 8.74. The molecule has 0 atom stereocenters. The second-order valence-corrected chi connectivity index (χ2v) is 23.7. The van der Waals surface area contributed by atoms with Crippen molar-refractivity contribution in [3.63, 3.8) is 0 Å². The molecule has 0 spiro atoms. The van der Waals surface area contributed by atoms with Gasteiger partial charge in [-0.15, -0.1) is 9.05 Å². The van der Waals surface area contributed by atoms with Gasteiger partial charge in [0.1, 0.15) is 13.2 Å². The number of nitrogens with zero attached hydrogens (tertiary/aromatic N) is 4. The van der Waals surface area contributed by atoms with E-state index in [4.69, 9.17) is 18.1 Å². The van der Waals surface area contributed by atoms with Crippen LogP contribution in [-0.2, 0) is 51.1 Å². The first-order chi connectivity index (χ1) is 42.5. The molecule has 7 rings (SSSR count). The van der Waals surface area contributed by atoms with E-state index in [1.54, 1.807) is 151 Å². The molecule has 0 radical (unpaired) electrons. The minimum absolute atomic E-state index is 0. The van der Waals surface area contributed by atoms with E-state index >= 15 is 0 Å². The average molecular weight is 1290 g/mol. The van der Waals surface area contributed by atoms with Gasteiger partial charge in [-0.2, -0.15) is 0 Å². The first-order valence-electron chi connectivity index (χ1n) is 29.1. The van der Waals surface area contributed by atoms with Crippen molar-refractivity contribution in [2.45, 2.75) is 79.5 Å². The average Bonchev–Trinajstić information content (AvgIpc) is 0.751. The van der Waals surface area contributed by atoms with Crippen LogP contribution in [0.1, 0.15) is 103 Å². The van der Waals surface area contributed by atoms with E-state index < -0.39 is 50.1 Å². The van der Waals surface area contributed by atoms with Crippen molar-refractivity contribution < 1.29 is 81.7 Å². The first kappa shape index (κ1) is 80.7. The second kappa shape index (κ2) is 45.8. The summed E-state index contributed by atoms with van der Waals surface area (Å²) in [5.74, 6) is 0. The summed E-state index contributed by atoms with van der Waals surface area (Å²) in [6, 6.07) is 66.9. The van der Waals surface area contributed by atoms with Crippen molar-refractivity contribution in [3.8, 4) is 6.07 Å². The minimum atomic E-state index is -3.90. The largest absolute Gasteiger partial charge is 1.00 e. The van der Waals surface area contributed by atoms with Crippen molar-refractivity contribution >= 4 is 29.0 Å². The molecule has 0 saturated carbocycles. The van der Waals surface area contributed by atoms with Gasteiger partial charge in [-0.1, -0.05) is 239 Å². The Morgan fingerprint density at radius 3 is 1.07 bits per heavy atom. The first-order valence-corrected chi connectivity index (χ1v) is 33.3. The van der Waals surface area contributed by atoms with Gasteiger partial charge in [-0.25, -0.2) is 0 Å². The zero-order valence-electron chi connectivity index (χ0n) is 54.2. The fraction of sp³-hybridized carbons (Fsp3) is 0.328. The van der Waals surface area contributed by atoms with Crippen molar-refractivity contribution in [2.75, 3.05) is 65.8 Å². The quantitative estimate of drug-likeness (QED) is 0.0213. The Hall–Kier alpha value is -6.35. The van der Waals surface area contributed by atoms with Gasteiger partial charge in [0.25, 0.3) is 5.16 Å². The topological polar surface area (TPSA) is 224 Å². The van der Waals surface area contributed by atoms with Crippen molar-refractivity contribution in [1.82, 2.24) is 4.90 Å². The van der Waals surface area contributed by atoms with Gasteiger partial charge in [0.15, 0.2) is 5.16 Å². The Balaban J connectivity index is 0.00000113. The third-order valence-corrected chi connectivity index (χ3v) is 19.0. The van der Waals surface area contributed by atoms with E-state index in [0.717, 1.165) is 17.3 Å². The molecule has 0 amide bonds. The summed E-state index contributed by atoms with van der Waals surface area (Å²) < 4.78 is 69.3. The van der Waals surface area contributed by atoms with Crippen LogP contribution in [0.25, 0.3) is 10.6 Å². The third-order valence-electron chi connectivity index (χ3n) is 12.7. The molecule has 18 nitrogen and oxygen atoms in total. The monoisotopic (exact) mass is 1290 g/mol. The Bertz CT molecular complexity index is 3080. The normalized spacial score (nSPS) is 10.7. The SMILES string of the molecule is CCN(CC)CC.CCOP(=O)(OCC)C(C#[N+][O-])(c1ccccc1)c1ccccc1.CCOP(=O)(OCC)C(C[N+](=O)[O-])(c1ccccc1)c1ccccc1.CCO[P+](=O)OCC.Cc1ccccc1.O=[N+]([O-])C=C(c1ccccc1)c1ccccc1.[H-].[Na+]. The number of aryl methyl sites for hydroxylation is 1. The summed E-state index contributed by atoms with van der Waals surface area (Å²) in [5.41, 5.74) is 5.83. The summed E-state index contributed by atoms with van der Waals surface area (Å²) in [4.78, 5) is 23.8. The van der Waals surface area contributed by atoms with E-state index in [-0.39, 0.29) is 57.4 Å². The predicted octanol–water partition coefficient (Wildman–Crippen LogP) is 15.0. The Kier molecular flexibility index (Phi) is 41.5. The minimum Gasteiger partial charge on any atom is -1.00 e. The molecule has 7 aromatic carbocycles. The molecule has 0 fully saturated rings. The predicted molar refractivity (Wildman–Crippen MR) is 355 cm³/mol. The summed E-state index contributed by atoms with van der Waals surface area (Å²) in [6.07, 6.45) is 1.05. The molecule has 0 heterocycles. The third kappa shape index (κ3) is 26.2. The molecule has 0 aliphatic rings. The van der Waals surface area contributed by atoms with Gasteiger partial charge in [0.2, 0.25) is 12.7 Å². The van der Waals surface area contributed by atoms with Crippen molar-refractivity contribution in [3.05, 3.63) is 288 Å². The molecule has 474 valence electrons. The molecular weight excluding hydrogens is 1200 g/mol. The fourth-order valence-corrected chi connectivity index (χ4v) is 13.9. The molecule has 0 aromatic heterocycles. The van der Waals surface area contributed by atoms with Crippen LogP contribution >= 0.6 is 23.4 Å². The molecule has 22 heteroatoms. The molecule has 0 bridgehead atoms. The molecule has 0 saturated heterocycles.